The third kappa shape index (κ3) is 4.68. The molecule has 3 aliphatic heterocycles. The molecule has 0 radical (unpaired) electrons. The molecule has 0 bridgehead atoms. The summed E-state index contributed by atoms with van der Waals surface area (Å²) in [5.41, 5.74) is 1.39. The number of nitrogens with zero attached hydrogens (tertiary/aromatic N) is 3. The maximum atomic E-state index is 13.4. The maximum absolute atomic E-state index is 13.4. The number of hydrogen-bond donors (Lipinski definition) is 1. The van der Waals surface area contributed by atoms with Crippen LogP contribution in [0.1, 0.15) is 50.7 Å². The van der Waals surface area contributed by atoms with Crippen LogP contribution in [0.5, 0.6) is 0 Å². The van der Waals surface area contributed by atoms with E-state index in [0.29, 0.717) is 38.3 Å². The molecule has 3 heterocycles. The SMILES string of the molecule is Cc1ccc(CC(=O)N2CCCC(N3C(=O)NC4(CCN(CC(C)C)CC4)C3=O)C2)cc1. The largest absolute Gasteiger partial charge is 0.340 e. The van der Waals surface area contributed by atoms with Crippen molar-refractivity contribution in [3.8, 4) is 0 Å². The number of carbonyl (C=O) groups excluding carboxylic acids is 3. The van der Waals surface area contributed by atoms with Crippen molar-refractivity contribution in [2.75, 3.05) is 32.7 Å². The summed E-state index contributed by atoms with van der Waals surface area (Å²) in [5.74, 6) is 0.548. The van der Waals surface area contributed by atoms with Crippen LogP contribution in [0.15, 0.2) is 24.3 Å². The lowest BCUT2D eigenvalue weighted by Crippen LogP contribution is -2.56. The molecule has 32 heavy (non-hydrogen) atoms. The molecule has 0 aromatic heterocycles. The van der Waals surface area contributed by atoms with E-state index in [-0.39, 0.29) is 23.9 Å². The fourth-order valence-corrected chi connectivity index (χ4v) is 5.33. The molecule has 0 saturated carbocycles. The second-order valence-electron chi connectivity index (χ2n) is 10.2. The smallest absolute Gasteiger partial charge is 0.325 e. The van der Waals surface area contributed by atoms with E-state index in [0.717, 1.165) is 38.0 Å². The normalized spacial score (nSPS) is 23.8. The van der Waals surface area contributed by atoms with Crippen molar-refractivity contribution < 1.29 is 14.4 Å². The standard InChI is InChI=1S/C25H36N4O3/c1-18(2)16-27-13-10-25(11-14-27)23(31)29(24(32)26-25)21-5-4-12-28(17-21)22(30)15-20-8-6-19(3)7-9-20/h6-9,18,21H,4-5,10-17H2,1-3H3,(H,26,32). The lowest BCUT2D eigenvalue weighted by Gasteiger charge is -2.39. The second-order valence-corrected chi connectivity index (χ2v) is 10.2. The zero-order valence-electron chi connectivity index (χ0n) is 19.6. The van der Waals surface area contributed by atoms with Gasteiger partial charge in [-0.3, -0.25) is 14.5 Å². The van der Waals surface area contributed by atoms with E-state index >= 15 is 0 Å². The van der Waals surface area contributed by atoms with E-state index in [1.165, 1.54) is 10.5 Å². The highest BCUT2D eigenvalue weighted by molar-refractivity contribution is 6.07. The van der Waals surface area contributed by atoms with Gasteiger partial charge in [-0.2, -0.15) is 0 Å². The van der Waals surface area contributed by atoms with Crippen molar-refractivity contribution >= 4 is 17.8 Å². The molecule has 7 nitrogen and oxygen atoms in total. The van der Waals surface area contributed by atoms with Gasteiger partial charge in [0.05, 0.1) is 12.5 Å². The van der Waals surface area contributed by atoms with Gasteiger partial charge in [-0.05, 0) is 44.1 Å². The Kier molecular flexibility index (Phi) is 6.56. The number of urea groups is 1. The van der Waals surface area contributed by atoms with E-state index in [4.69, 9.17) is 0 Å². The van der Waals surface area contributed by atoms with E-state index in [9.17, 15) is 14.4 Å². The van der Waals surface area contributed by atoms with Gasteiger partial charge < -0.3 is 15.1 Å². The molecule has 1 aromatic carbocycles. The van der Waals surface area contributed by atoms with Gasteiger partial charge in [0.25, 0.3) is 5.91 Å². The van der Waals surface area contributed by atoms with Crippen LogP contribution in [0.2, 0.25) is 0 Å². The van der Waals surface area contributed by atoms with Gasteiger partial charge in [0.1, 0.15) is 5.54 Å². The van der Waals surface area contributed by atoms with Gasteiger partial charge >= 0.3 is 6.03 Å². The summed E-state index contributed by atoms with van der Waals surface area (Å²) >= 11 is 0. The Morgan fingerprint density at radius 3 is 2.47 bits per heavy atom. The number of hydrogen-bond acceptors (Lipinski definition) is 4. The number of amides is 4. The van der Waals surface area contributed by atoms with Gasteiger partial charge in [0.15, 0.2) is 0 Å². The summed E-state index contributed by atoms with van der Waals surface area (Å²) in [7, 11) is 0. The number of carbonyl (C=O) groups is 3. The molecular weight excluding hydrogens is 404 g/mol. The first kappa shape index (κ1) is 22.8. The highest BCUT2D eigenvalue weighted by Crippen LogP contribution is 2.32. The fourth-order valence-electron chi connectivity index (χ4n) is 5.33. The van der Waals surface area contributed by atoms with Gasteiger partial charge in [-0.15, -0.1) is 0 Å². The van der Waals surface area contributed by atoms with Crippen LogP contribution >= 0.6 is 0 Å². The number of piperidine rings is 2. The molecule has 3 saturated heterocycles. The van der Waals surface area contributed by atoms with E-state index < -0.39 is 5.54 Å². The first-order valence-corrected chi connectivity index (χ1v) is 12.0. The topological polar surface area (TPSA) is 73.0 Å². The lowest BCUT2D eigenvalue weighted by molar-refractivity contribution is -0.139. The zero-order chi connectivity index (χ0) is 22.9. The number of aryl methyl sites for hydroxylation is 1. The summed E-state index contributed by atoms with van der Waals surface area (Å²) in [6.07, 6.45) is 3.22. The average molecular weight is 441 g/mol. The molecule has 3 aliphatic rings. The van der Waals surface area contributed by atoms with Gasteiger partial charge in [0.2, 0.25) is 5.91 Å². The molecule has 1 aromatic rings. The summed E-state index contributed by atoms with van der Waals surface area (Å²) in [4.78, 5) is 44.9. The van der Waals surface area contributed by atoms with Crippen molar-refractivity contribution in [3.63, 3.8) is 0 Å². The zero-order valence-corrected chi connectivity index (χ0v) is 19.6. The molecule has 1 N–H and O–H groups in total. The van der Waals surface area contributed by atoms with Crippen LogP contribution in [0, 0.1) is 12.8 Å². The Hall–Kier alpha value is -2.41. The van der Waals surface area contributed by atoms with Gasteiger partial charge in [-0.25, -0.2) is 4.79 Å². The van der Waals surface area contributed by atoms with E-state index in [1.54, 1.807) is 0 Å². The Morgan fingerprint density at radius 2 is 1.81 bits per heavy atom. The minimum Gasteiger partial charge on any atom is -0.340 e. The molecule has 1 unspecified atom stereocenters. The Balaban J connectivity index is 1.39. The Labute approximate surface area is 191 Å². The van der Waals surface area contributed by atoms with Crippen molar-refractivity contribution in [2.45, 2.75) is 64.5 Å². The Bertz CT molecular complexity index is 858. The number of benzene rings is 1. The van der Waals surface area contributed by atoms with Gasteiger partial charge in [0, 0.05) is 32.7 Å². The first-order valence-electron chi connectivity index (χ1n) is 12.0. The molecule has 1 spiro atoms. The van der Waals surface area contributed by atoms with Gasteiger partial charge in [-0.1, -0.05) is 43.7 Å². The monoisotopic (exact) mass is 440 g/mol. The number of rotatable bonds is 5. The first-order chi connectivity index (χ1) is 15.3. The molecule has 7 heteroatoms. The number of nitrogens with one attached hydrogen (secondary N) is 1. The predicted octanol–water partition coefficient (Wildman–Crippen LogP) is 2.57. The number of likely N-dealkylation sites (tertiary alicyclic amines) is 2. The summed E-state index contributed by atoms with van der Waals surface area (Å²) in [6.45, 7) is 10.2. The third-order valence-corrected chi connectivity index (χ3v) is 7.12. The fraction of sp³-hybridized carbons (Fsp3) is 0.640. The van der Waals surface area contributed by atoms with Crippen molar-refractivity contribution in [2.24, 2.45) is 5.92 Å². The predicted molar refractivity (Wildman–Crippen MR) is 123 cm³/mol. The number of imide groups is 1. The quantitative estimate of drug-likeness (QED) is 0.715. The summed E-state index contributed by atoms with van der Waals surface area (Å²) in [6, 6.07) is 7.47. The van der Waals surface area contributed by atoms with E-state index in [2.05, 4.69) is 24.1 Å². The third-order valence-electron chi connectivity index (χ3n) is 7.12. The van der Waals surface area contributed by atoms with Crippen LogP contribution in [0.25, 0.3) is 0 Å². The van der Waals surface area contributed by atoms with Crippen LogP contribution in [-0.2, 0) is 16.0 Å². The lowest BCUT2D eigenvalue weighted by atomic mass is 9.86. The average Bonchev–Trinajstić information content (AvgIpc) is 3.00. The van der Waals surface area contributed by atoms with Crippen LogP contribution in [0.4, 0.5) is 4.79 Å². The molecule has 1 atom stereocenters. The molecule has 174 valence electrons. The second kappa shape index (κ2) is 9.22. The molecule has 4 rings (SSSR count). The van der Waals surface area contributed by atoms with Crippen molar-refractivity contribution in [1.29, 1.82) is 0 Å². The van der Waals surface area contributed by atoms with Crippen LogP contribution in [-0.4, -0.2) is 76.8 Å². The minimum absolute atomic E-state index is 0.0577. The molecule has 3 fully saturated rings. The highest BCUT2D eigenvalue weighted by Gasteiger charge is 2.54. The maximum Gasteiger partial charge on any atom is 0.325 e. The van der Waals surface area contributed by atoms with Crippen LogP contribution in [0.3, 0.4) is 0 Å². The Morgan fingerprint density at radius 1 is 1.12 bits per heavy atom. The van der Waals surface area contributed by atoms with Crippen molar-refractivity contribution in [1.82, 2.24) is 20.0 Å². The molecule has 4 amide bonds. The van der Waals surface area contributed by atoms with E-state index in [1.807, 2.05) is 36.1 Å². The highest BCUT2D eigenvalue weighted by atomic mass is 16.2. The minimum atomic E-state index is -0.765. The van der Waals surface area contributed by atoms with Crippen molar-refractivity contribution in [3.05, 3.63) is 35.4 Å². The van der Waals surface area contributed by atoms with Crippen LogP contribution < -0.4 is 5.32 Å². The molecular formula is C25H36N4O3. The summed E-state index contributed by atoms with van der Waals surface area (Å²) in [5, 5.41) is 3.04. The summed E-state index contributed by atoms with van der Waals surface area (Å²) < 4.78 is 0. The molecule has 0 aliphatic carbocycles.